The molecule has 34 heavy (non-hydrogen) atoms. The number of hydrogen-bond donors (Lipinski definition) is 0. The number of hydrogen-bond acceptors (Lipinski definition) is 0. The van der Waals surface area contributed by atoms with Crippen molar-refractivity contribution >= 4 is 24.8 Å². The third kappa shape index (κ3) is 7.67. The normalized spacial score (nSPS) is 11.4. The Labute approximate surface area is 230 Å². The summed E-state index contributed by atoms with van der Waals surface area (Å²) in [6, 6.07) is 40.4. The maximum absolute atomic E-state index is 3.10. The van der Waals surface area contributed by atoms with Crippen LogP contribution in [0, 0.1) is 6.08 Å². The zero-order valence-electron chi connectivity index (χ0n) is 18.9. The van der Waals surface area contributed by atoms with Gasteiger partial charge in [0, 0.05) is 0 Å². The van der Waals surface area contributed by atoms with Crippen LogP contribution in [-0.2, 0) is 24.2 Å². The van der Waals surface area contributed by atoms with E-state index in [1.54, 1.807) is 0 Å². The van der Waals surface area contributed by atoms with Gasteiger partial charge >= 0.3 is 99.2 Å². The predicted octanol–water partition coefficient (Wildman–Crippen LogP) is 2.05. The van der Waals surface area contributed by atoms with Crippen LogP contribution in [-0.4, -0.2) is 3.21 Å². The Morgan fingerprint density at radius 3 is 1.44 bits per heavy atom. The van der Waals surface area contributed by atoms with Crippen LogP contribution in [0.4, 0.5) is 0 Å². The standard InChI is InChI=1S/C13H9.C13H10.C5H7.2ClH.Zr/c1-3-7-12-10(5-1)9-11-6-2-4-8-13(11)12;1-3-7-12(8-4-1)11-13-9-5-2-6-10-13;1-2-4-5-3-1;;;/h1-9H;1-10H;1H,2,4-5H2;2*1H;/q-1;;-1;;;+2/p-2. The van der Waals surface area contributed by atoms with Gasteiger partial charge in [-0.2, -0.15) is 6.42 Å². The predicted molar refractivity (Wildman–Crippen MR) is 135 cm³/mol. The van der Waals surface area contributed by atoms with Gasteiger partial charge in [0.15, 0.2) is 0 Å². The second kappa shape index (κ2) is 14.9. The fourth-order valence-corrected chi connectivity index (χ4v) is 4.61. The molecule has 170 valence electrons. The van der Waals surface area contributed by atoms with Crippen molar-refractivity contribution in [2.24, 2.45) is 0 Å². The molecule has 0 bridgehead atoms. The van der Waals surface area contributed by atoms with Gasteiger partial charge in [-0.15, -0.1) is 39.7 Å². The molecule has 0 atom stereocenters. The Kier molecular flexibility index (Phi) is 12.3. The molecule has 0 nitrogen and oxygen atoms in total. The van der Waals surface area contributed by atoms with Gasteiger partial charge in [0.2, 0.25) is 0 Å². The number of fused-ring (bicyclic) bond motifs is 3. The van der Waals surface area contributed by atoms with Gasteiger partial charge in [-0.3, -0.25) is 6.08 Å². The van der Waals surface area contributed by atoms with Crippen LogP contribution in [0.2, 0.25) is 0 Å². The Hall–Kier alpha value is -2.18. The summed E-state index contributed by atoms with van der Waals surface area (Å²) in [6.07, 6.45) is 9.00. The monoisotopic (exact) mass is 558 g/mol. The Balaban J connectivity index is 0.000000191. The molecule has 1 aliphatic carbocycles. The summed E-state index contributed by atoms with van der Waals surface area (Å²) in [5, 5.41) is 5.39. The van der Waals surface area contributed by atoms with E-state index in [-0.39, 0.29) is 24.8 Å². The molecule has 0 saturated carbocycles. The third-order valence-corrected chi connectivity index (χ3v) is 6.88. The van der Waals surface area contributed by atoms with E-state index in [1.807, 2.05) is 0 Å². The molecule has 0 heterocycles. The molecule has 0 N–H and O–H groups in total. The number of rotatable bonds is 2. The maximum atomic E-state index is 3.10. The largest absolute Gasteiger partial charge is 0.126 e. The summed E-state index contributed by atoms with van der Waals surface area (Å²) in [5.74, 6) is 0. The molecule has 0 unspecified atom stereocenters. The summed E-state index contributed by atoms with van der Waals surface area (Å²) in [7, 11) is 0. The Morgan fingerprint density at radius 1 is 0.618 bits per heavy atom. The van der Waals surface area contributed by atoms with Crippen LogP contribution in [0.25, 0.3) is 21.5 Å². The van der Waals surface area contributed by atoms with Crippen LogP contribution >= 0.6 is 0 Å². The van der Waals surface area contributed by atoms with Gasteiger partial charge in [-0.1, -0.05) is 49.2 Å². The van der Waals surface area contributed by atoms with Gasteiger partial charge < -0.3 is 30.9 Å². The Bertz CT molecular complexity index is 1210. The van der Waals surface area contributed by atoms with E-state index in [4.69, 9.17) is 0 Å². The quantitative estimate of drug-likeness (QED) is 0.290. The molecule has 0 aromatic heterocycles. The van der Waals surface area contributed by atoms with Crippen LogP contribution < -0.4 is 24.8 Å². The van der Waals surface area contributed by atoms with Crippen LogP contribution in [0.3, 0.4) is 0 Å². The fraction of sp³-hybridized carbons (Fsp3) is 0.0968. The number of halogens is 2. The van der Waals surface area contributed by atoms with Crippen LogP contribution in [0.15, 0.2) is 121 Å². The second-order valence-electron chi connectivity index (χ2n) is 7.73. The number of allylic oxidation sites excluding steroid dienone is 2. The zero-order valence-corrected chi connectivity index (χ0v) is 22.9. The average molecular weight is 561 g/mol. The molecule has 0 fully saturated rings. The van der Waals surface area contributed by atoms with Crippen molar-refractivity contribution in [1.29, 1.82) is 0 Å². The van der Waals surface area contributed by atoms with Crippen molar-refractivity contribution in [2.75, 3.05) is 0 Å². The first-order valence-corrected chi connectivity index (χ1v) is 12.3. The minimum atomic E-state index is 0. The van der Waals surface area contributed by atoms with Gasteiger partial charge in [-0.05, 0) is 0 Å². The summed E-state index contributed by atoms with van der Waals surface area (Å²) in [6.45, 7) is 0. The topological polar surface area (TPSA) is 0 Å². The molecule has 5 aromatic carbocycles. The molecule has 5 aromatic rings. The molecule has 3 heteroatoms. The van der Waals surface area contributed by atoms with E-state index in [1.165, 1.54) is 79.4 Å². The molecule has 0 amide bonds. The van der Waals surface area contributed by atoms with Crippen molar-refractivity contribution in [3.63, 3.8) is 0 Å². The van der Waals surface area contributed by atoms with Crippen molar-refractivity contribution in [3.8, 4) is 0 Å². The number of benzene rings is 4. The zero-order chi connectivity index (χ0) is 22.0. The van der Waals surface area contributed by atoms with E-state index in [9.17, 15) is 0 Å². The van der Waals surface area contributed by atoms with Crippen LogP contribution in [0.5, 0.6) is 0 Å². The molecule has 0 aliphatic heterocycles. The molecule has 0 radical (unpaired) electrons. The van der Waals surface area contributed by atoms with E-state index in [0.29, 0.717) is 0 Å². The SMILES string of the molecule is [C-]1=CCCC1.[Cl-].[Cl-].[Zr+2]=[C](c1ccccc1)c1ccccc1.c1ccc2c(c1)[cH-]c1ccccc12. The summed E-state index contributed by atoms with van der Waals surface area (Å²) in [5.41, 5.74) is 2.66. The van der Waals surface area contributed by atoms with E-state index < -0.39 is 0 Å². The minimum absolute atomic E-state index is 0. The van der Waals surface area contributed by atoms with Gasteiger partial charge in [0.05, 0.1) is 0 Å². The van der Waals surface area contributed by atoms with E-state index >= 15 is 0 Å². The van der Waals surface area contributed by atoms with Crippen LogP contribution in [0.1, 0.15) is 30.4 Å². The van der Waals surface area contributed by atoms with E-state index in [2.05, 4.69) is 127 Å². The molecule has 0 saturated heterocycles. The summed E-state index contributed by atoms with van der Waals surface area (Å²) >= 11 is 1.46. The van der Waals surface area contributed by atoms with Crippen molar-refractivity contribution < 1.29 is 49.0 Å². The third-order valence-electron chi connectivity index (χ3n) is 5.46. The second-order valence-corrected chi connectivity index (χ2v) is 8.96. The van der Waals surface area contributed by atoms with Gasteiger partial charge in [0.25, 0.3) is 0 Å². The maximum Gasteiger partial charge on any atom is -0.0771 e. The molecule has 0 spiro atoms. The summed E-state index contributed by atoms with van der Waals surface area (Å²) < 4.78 is 1.42. The van der Waals surface area contributed by atoms with E-state index in [0.717, 1.165) is 0 Å². The molecular formula is C31H26Cl2Zr-2. The average Bonchev–Trinajstić information content (AvgIpc) is 3.57. The first-order valence-electron chi connectivity index (χ1n) is 11.1. The minimum Gasteiger partial charge on any atom is -0.126 e. The Morgan fingerprint density at radius 2 is 1.06 bits per heavy atom. The van der Waals surface area contributed by atoms with Crippen molar-refractivity contribution in [1.82, 2.24) is 0 Å². The first-order chi connectivity index (χ1) is 15.8. The molecule has 1 aliphatic rings. The first kappa shape index (κ1) is 28.1. The molecule has 6 rings (SSSR count). The fourth-order valence-electron chi connectivity index (χ4n) is 3.79. The smallest absolute Gasteiger partial charge is 0.0771 e. The van der Waals surface area contributed by atoms with Crippen molar-refractivity contribution in [2.45, 2.75) is 19.3 Å². The summed E-state index contributed by atoms with van der Waals surface area (Å²) in [4.78, 5) is 0. The van der Waals surface area contributed by atoms with Gasteiger partial charge in [0.1, 0.15) is 0 Å². The van der Waals surface area contributed by atoms with Gasteiger partial charge in [-0.25, -0.2) is 0 Å². The van der Waals surface area contributed by atoms with Crippen molar-refractivity contribution in [3.05, 3.63) is 139 Å². The molecular weight excluding hydrogens is 534 g/mol.